The van der Waals surface area contributed by atoms with Crippen LogP contribution in [0.2, 0.25) is 5.02 Å². The van der Waals surface area contributed by atoms with Crippen LogP contribution in [0.15, 0.2) is 48.2 Å². The minimum Gasteiger partial charge on any atom is -0.350 e. The van der Waals surface area contributed by atoms with E-state index in [4.69, 9.17) is 11.6 Å². The summed E-state index contributed by atoms with van der Waals surface area (Å²) < 4.78 is 0. The predicted octanol–water partition coefficient (Wildman–Crippen LogP) is 3.77. The number of benzene rings is 2. The number of carbonyl (C=O) groups is 2. The number of hydrogen-bond donors (Lipinski definition) is 1. The Morgan fingerprint density at radius 1 is 1.11 bits per heavy atom. The molecular formula is C19H16ClN3O4. The van der Waals surface area contributed by atoms with Gasteiger partial charge in [-0.15, -0.1) is 0 Å². The van der Waals surface area contributed by atoms with Gasteiger partial charge in [0.25, 0.3) is 17.5 Å². The average molecular weight is 386 g/mol. The molecule has 27 heavy (non-hydrogen) atoms. The third kappa shape index (κ3) is 3.41. The molecule has 2 aromatic carbocycles. The fraction of sp³-hybridized carbons (Fsp3) is 0.158. The number of non-ortho nitro benzene ring substituents is 1. The number of nitrogens with one attached hydrogen (secondary N) is 1. The zero-order chi connectivity index (χ0) is 19.7. The number of hydrogen-bond acceptors (Lipinski definition) is 5. The number of amides is 2. The molecule has 0 aromatic heterocycles. The Bertz CT molecular complexity index is 983. The van der Waals surface area contributed by atoms with Gasteiger partial charge in [-0.25, -0.2) is 0 Å². The molecule has 3 rings (SSSR count). The van der Waals surface area contributed by atoms with Crippen LogP contribution in [-0.2, 0) is 9.59 Å². The molecule has 1 aliphatic heterocycles. The van der Waals surface area contributed by atoms with Gasteiger partial charge in [0.1, 0.15) is 5.70 Å². The topological polar surface area (TPSA) is 92.6 Å². The summed E-state index contributed by atoms with van der Waals surface area (Å²) in [6.07, 6.45) is 0. The summed E-state index contributed by atoms with van der Waals surface area (Å²) in [6.45, 7) is 3.77. The maximum atomic E-state index is 12.8. The van der Waals surface area contributed by atoms with E-state index in [1.54, 1.807) is 25.1 Å². The molecule has 8 heteroatoms. The maximum Gasteiger partial charge on any atom is 0.278 e. The SMILES string of the molecule is CCN1C(=O)C(Nc2cc(Cl)ccc2C)=C(c2ccc([N+](=O)[O-])cc2)C1=O. The number of imide groups is 1. The first-order valence-electron chi connectivity index (χ1n) is 8.22. The summed E-state index contributed by atoms with van der Waals surface area (Å²) in [7, 11) is 0. The fourth-order valence-corrected chi connectivity index (χ4v) is 3.03. The van der Waals surface area contributed by atoms with Gasteiger partial charge in [0.05, 0.1) is 10.5 Å². The molecule has 0 radical (unpaired) electrons. The molecule has 0 spiro atoms. The average Bonchev–Trinajstić information content (AvgIpc) is 2.87. The summed E-state index contributed by atoms with van der Waals surface area (Å²) in [5.74, 6) is -0.895. The fourth-order valence-electron chi connectivity index (χ4n) is 2.86. The van der Waals surface area contributed by atoms with Crippen molar-refractivity contribution in [3.05, 3.63) is 74.4 Å². The summed E-state index contributed by atoms with van der Waals surface area (Å²) >= 11 is 6.04. The van der Waals surface area contributed by atoms with E-state index in [1.807, 2.05) is 6.92 Å². The van der Waals surface area contributed by atoms with Gasteiger partial charge in [0, 0.05) is 29.4 Å². The summed E-state index contributed by atoms with van der Waals surface area (Å²) in [5, 5.41) is 14.4. The predicted molar refractivity (Wildman–Crippen MR) is 102 cm³/mol. The molecule has 1 heterocycles. The molecular weight excluding hydrogens is 370 g/mol. The number of carbonyl (C=O) groups excluding carboxylic acids is 2. The van der Waals surface area contributed by atoms with E-state index < -0.39 is 16.7 Å². The van der Waals surface area contributed by atoms with Gasteiger partial charge in [-0.3, -0.25) is 24.6 Å². The molecule has 1 aliphatic rings. The van der Waals surface area contributed by atoms with Crippen molar-refractivity contribution in [1.82, 2.24) is 4.90 Å². The maximum absolute atomic E-state index is 12.8. The lowest BCUT2D eigenvalue weighted by Gasteiger charge is -2.13. The Morgan fingerprint density at radius 2 is 1.78 bits per heavy atom. The van der Waals surface area contributed by atoms with Crippen molar-refractivity contribution in [2.45, 2.75) is 13.8 Å². The zero-order valence-corrected chi connectivity index (χ0v) is 15.4. The van der Waals surface area contributed by atoms with E-state index in [-0.39, 0.29) is 23.5 Å². The van der Waals surface area contributed by atoms with Crippen LogP contribution in [-0.4, -0.2) is 28.2 Å². The highest BCUT2D eigenvalue weighted by molar-refractivity contribution is 6.36. The molecule has 0 bridgehead atoms. The molecule has 0 aliphatic carbocycles. The van der Waals surface area contributed by atoms with E-state index in [0.29, 0.717) is 16.3 Å². The number of nitro groups is 1. The molecule has 0 atom stereocenters. The first-order chi connectivity index (χ1) is 12.8. The van der Waals surface area contributed by atoms with Crippen molar-refractivity contribution in [3.8, 4) is 0 Å². The van der Waals surface area contributed by atoms with Crippen LogP contribution in [0.5, 0.6) is 0 Å². The van der Waals surface area contributed by atoms with E-state index >= 15 is 0 Å². The smallest absolute Gasteiger partial charge is 0.278 e. The Morgan fingerprint density at radius 3 is 2.37 bits per heavy atom. The summed E-state index contributed by atoms with van der Waals surface area (Å²) in [6, 6.07) is 10.7. The quantitative estimate of drug-likeness (QED) is 0.480. The molecule has 1 N–H and O–H groups in total. The van der Waals surface area contributed by atoms with Crippen LogP contribution in [0.3, 0.4) is 0 Å². The van der Waals surface area contributed by atoms with Crippen molar-refractivity contribution < 1.29 is 14.5 Å². The lowest BCUT2D eigenvalue weighted by atomic mass is 10.0. The van der Waals surface area contributed by atoms with Gasteiger partial charge >= 0.3 is 0 Å². The lowest BCUT2D eigenvalue weighted by Crippen LogP contribution is -2.32. The monoisotopic (exact) mass is 385 g/mol. The van der Waals surface area contributed by atoms with Gasteiger partial charge in [0.15, 0.2) is 0 Å². The van der Waals surface area contributed by atoms with Gasteiger partial charge in [-0.2, -0.15) is 0 Å². The van der Waals surface area contributed by atoms with Gasteiger partial charge < -0.3 is 5.32 Å². The first kappa shape index (κ1) is 18.6. The highest BCUT2D eigenvalue weighted by Gasteiger charge is 2.38. The van der Waals surface area contributed by atoms with Crippen LogP contribution in [0.4, 0.5) is 11.4 Å². The molecule has 0 saturated carbocycles. The number of halogens is 1. The highest BCUT2D eigenvalue weighted by atomic mass is 35.5. The molecule has 0 fully saturated rings. The van der Waals surface area contributed by atoms with E-state index in [9.17, 15) is 19.7 Å². The third-order valence-corrected chi connectivity index (χ3v) is 4.55. The Balaban J connectivity index is 2.11. The van der Waals surface area contributed by atoms with Crippen LogP contribution < -0.4 is 5.32 Å². The molecule has 138 valence electrons. The number of nitrogens with zero attached hydrogens (tertiary/aromatic N) is 2. The summed E-state index contributed by atoms with van der Waals surface area (Å²) in [5.41, 5.74) is 2.10. The van der Waals surface area contributed by atoms with Gasteiger partial charge in [0.2, 0.25) is 0 Å². The van der Waals surface area contributed by atoms with Crippen molar-refractivity contribution >= 4 is 40.4 Å². The number of likely N-dealkylation sites (N-methyl/N-ethyl adjacent to an activating group) is 1. The number of anilines is 1. The van der Waals surface area contributed by atoms with Crippen LogP contribution in [0.25, 0.3) is 5.57 Å². The van der Waals surface area contributed by atoms with Gasteiger partial charge in [-0.1, -0.05) is 17.7 Å². The lowest BCUT2D eigenvalue weighted by molar-refractivity contribution is -0.384. The molecule has 0 unspecified atom stereocenters. The largest absolute Gasteiger partial charge is 0.350 e. The first-order valence-corrected chi connectivity index (χ1v) is 8.59. The zero-order valence-electron chi connectivity index (χ0n) is 14.7. The second-order valence-corrected chi connectivity index (χ2v) is 6.43. The van der Waals surface area contributed by atoms with E-state index in [2.05, 4.69) is 5.32 Å². The standard InChI is InChI=1S/C19H16ClN3O4/c1-3-22-18(24)16(12-5-8-14(9-6-12)23(26)27)17(19(22)25)21-15-10-13(20)7-4-11(15)2/h4-10,21H,3H2,1-2H3. The normalized spacial score (nSPS) is 14.1. The van der Waals surface area contributed by atoms with Gasteiger partial charge in [-0.05, 0) is 49.2 Å². The summed E-state index contributed by atoms with van der Waals surface area (Å²) in [4.78, 5) is 37.0. The van der Waals surface area contributed by atoms with Crippen molar-refractivity contribution in [3.63, 3.8) is 0 Å². The van der Waals surface area contributed by atoms with Crippen LogP contribution >= 0.6 is 11.6 Å². The minimum absolute atomic E-state index is 0.0938. The van der Waals surface area contributed by atoms with E-state index in [1.165, 1.54) is 24.3 Å². The van der Waals surface area contributed by atoms with Crippen LogP contribution in [0.1, 0.15) is 18.1 Å². The number of nitro benzene ring substituents is 1. The second-order valence-electron chi connectivity index (χ2n) is 5.99. The number of aryl methyl sites for hydroxylation is 1. The molecule has 2 aromatic rings. The third-order valence-electron chi connectivity index (χ3n) is 4.31. The number of rotatable bonds is 5. The van der Waals surface area contributed by atoms with Crippen LogP contribution in [0, 0.1) is 17.0 Å². The molecule has 2 amide bonds. The minimum atomic E-state index is -0.521. The van der Waals surface area contributed by atoms with Crippen molar-refractivity contribution in [2.24, 2.45) is 0 Å². The Labute approximate surface area is 160 Å². The Hall–Kier alpha value is -3.19. The highest BCUT2D eigenvalue weighted by Crippen LogP contribution is 2.32. The Kier molecular flexibility index (Phi) is 4.96. The van der Waals surface area contributed by atoms with Crippen molar-refractivity contribution in [2.75, 3.05) is 11.9 Å². The molecule has 7 nitrogen and oxygen atoms in total. The van der Waals surface area contributed by atoms with Crippen molar-refractivity contribution in [1.29, 1.82) is 0 Å². The second kappa shape index (κ2) is 7.20. The molecule has 0 saturated heterocycles. The van der Waals surface area contributed by atoms with E-state index in [0.717, 1.165) is 10.5 Å².